The molecule has 0 saturated heterocycles. The topological polar surface area (TPSA) is 136 Å². The third-order valence-electron chi connectivity index (χ3n) is 11.3. The molecular weight excluding hydrogens is 1220 g/mol. The van der Waals surface area contributed by atoms with Crippen molar-refractivity contribution < 1.29 is 104 Å². The number of aromatic nitrogens is 4. The minimum Gasteiger partial charge on any atom is -1.00 e. The summed E-state index contributed by atoms with van der Waals surface area (Å²) in [6.45, 7) is 3.21. The number of pyridine rings is 4. The molecule has 0 bridgehead atoms. The number of fused-ring (bicyclic) bond motifs is 4. The Kier molecular flexibility index (Phi) is 22.8. The van der Waals surface area contributed by atoms with Gasteiger partial charge in [-0.2, -0.15) is 0 Å². The van der Waals surface area contributed by atoms with Gasteiger partial charge in [-0.3, -0.25) is 0 Å². The molecule has 0 atom stereocenters. The minimum atomic E-state index is -0.312. The first-order valence-corrected chi connectivity index (χ1v) is 23.1. The summed E-state index contributed by atoms with van der Waals surface area (Å²) in [6, 6.07) is 60.4. The van der Waals surface area contributed by atoms with Crippen LogP contribution in [0.5, 0.6) is 0 Å². The van der Waals surface area contributed by atoms with Gasteiger partial charge >= 0.3 is 22.5 Å². The Hall–Kier alpha value is -7.76. The zero-order valence-corrected chi connectivity index (χ0v) is 46.8. The van der Waals surface area contributed by atoms with Gasteiger partial charge in [0.05, 0.1) is 0 Å². The van der Waals surface area contributed by atoms with Gasteiger partial charge in [0.2, 0.25) is 0 Å². The standard InChI is InChI=1S/4C15H12NO2.4BrH/c4*17-15-7-5-13-10-12(4-6-14(13)18-15)11-16-8-2-1-3-9-16;;;;/h4*1-10H,11H2;4*1H/q4*+1;;;;/p-4. The molecule has 0 amide bonds. The smallest absolute Gasteiger partial charge is 0.336 e. The zero-order valence-electron chi connectivity index (χ0n) is 40.5. The van der Waals surface area contributed by atoms with E-state index < -0.39 is 0 Å². The molecule has 0 radical (unpaired) electrons. The van der Waals surface area contributed by atoms with E-state index in [2.05, 4.69) is 18.3 Å². The first-order chi connectivity index (χ1) is 35.2. The molecule has 12 nitrogen and oxygen atoms in total. The van der Waals surface area contributed by atoms with Crippen LogP contribution in [0.15, 0.2) is 281 Å². The average Bonchev–Trinajstić information content (AvgIpc) is 3.41. The maximum atomic E-state index is 11.1. The summed E-state index contributed by atoms with van der Waals surface area (Å²) in [5, 5.41) is 3.79. The predicted octanol–water partition coefficient (Wildman–Crippen LogP) is -3.47. The van der Waals surface area contributed by atoms with E-state index in [1.165, 1.54) is 46.5 Å². The molecule has 8 heterocycles. The third-order valence-corrected chi connectivity index (χ3v) is 11.3. The summed E-state index contributed by atoms with van der Waals surface area (Å²) in [5.41, 5.74) is 5.96. The fraction of sp³-hybridized carbons (Fsp3) is 0.0667. The molecule has 0 spiro atoms. The lowest BCUT2D eigenvalue weighted by molar-refractivity contribution is -0.688. The molecule has 8 aromatic heterocycles. The summed E-state index contributed by atoms with van der Waals surface area (Å²) < 4.78 is 28.8. The number of halogens is 4. The monoisotopic (exact) mass is 1270 g/mol. The van der Waals surface area contributed by atoms with Crippen molar-refractivity contribution >= 4 is 43.9 Å². The highest BCUT2D eigenvalue weighted by molar-refractivity contribution is 5.79. The van der Waals surface area contributed by atoms with E-state index >= 15 is 0 Å². The Balaban J connectivity index is 0.000000184. The number of benzene rings is 4. The van der Waals surface area contributed by atoms with Gasteiger partial charge in [0.15, 0.2) is 75.8 Å². The van der Waals surface area contributed by atoms with E-state index in [9.17, 15) is 19.2 Å². The summed E-state index contributed by atoms with van der Waals surface area (Å²) >= 11 is 0. The van der Waals surface area contributed by atoms with Crippen molar-refractivity contribution in [2.24, 2.45) is 0 Å². The normalized spacial score (nSPS) is 10.1. The van der Waals surface area contributed by atoms with Crippen molar-refractivity contribution in [2.75, 3.05) is 0 Å². The van der Waals surface area contributed by atoms with Crippen LogP contribution in [0.1, 0.15) is 22.3 Å². The SMILES string of the molecule is O=c1ccc2cc(C[n+]3ccccc3)ccc2o1.O=c1ccc2cc(C[n+]3ccccc3)ccc2o1.O=c1ccc2cc(C[n+]3ccccc3)ccc2o1.O=c1ccc2cc(C[n+]3ccccc3)ccc2o1.[Br-].[Br-].[Br-].[Br-]. The van der Waals surface area contributed by atoms with E-state index in [-0.39, 0.29) is 90.4 Å². The van der Waals surface area contributed by atoms with Crippen molar-refractivity contribution in [3.63, 3.8) is 0 Å². The van der Waals surface area contributed by atoms with Gasteiger partial charge in [-0.25, -0.2) is 37.4 Å². The molecule has 0 N–H and O–H groups in total. The largest absolute Gasteiger partial charge is 1.00 e. The Bertz CT molecular complexity index is 3470. The van der Waals surface area contributed by atoms with Gasteiger partial charge in [-0.05, 0) is 97.1 Å². The number of hydrogen-bond donors (Lipinski definition) is 0. The van der Waals surface area contributed by atoms with E-state index in [0.29, 0.717) is 22.3 Å². The van der Waals surface area contributed by atoms with Crippen molar-refractivity contribution in [3.05, 3.63) is 308 Å². The summed E-state index contributed by atoms with van der Waals surface area (Å²) in [4.78, 5) is 44.4. The maximum absolute atomic E-state index is 11.1. The van der Waals surface area contributed by atoms with Crippen LogP contribution in [0.3, 0.4) is 0 Å². The van der Waals surface area contributed by atoms with Crippen LogP contribution < -0.4 is 109 Å². The van der Waals surface area contributed by atoms with Gasteiger partial charge in [0.25, 0.3) is 0 Å². The second-order valence-corrected chi connectivity index (χ2v) is 16.7. The van der Waals surface area contributed by atoms with Crippen molar-refractivity contribution in [2.45, 2.75) is 26.2 Å². The van der Waals surface area contributed by atoms with Gasteiger partial charge < -0.3 is 85.6 Å². The molecule has 384 valence electrons. The van der Waals surface area contributed by atoms with Crippen LogP contribution in [-0.2, 0) is 26.2 Å². The Morgan fingerprint density at radius 2 is 0.447 bits per heavy atom. The zero-order chi connectivity index (χ0) is 49.5. The van der Waals surface area contributed by atoms with Crippen LogP contribution in [0, 0.1) is 0 Å². The number of rotatable bonds is 8. The number of hydrogen-bond acceptors (Lipinski definition) is 8. The minimum absolute atomic E-state index is 0. The van der Waals surface area contributed by atoms with E-state index in [0.717, 1.165) is 47.7 Å². The molecule has 12 rings (SSSR count). The van der Waals surface area contributed by atoms with Crippen LogP contribution in [-0.4, -0.2) is 0 Å². The highest BCUT2D eigenvalue weighted by atomic mass is 79.9. The predicted molar refractivity (Wildman–Crippen MR) is 273 cm³/mol. The Labute approximate surface area is 478 Å². The average molecular weight is 1270 g/mol. The second kappa shape index (κ2) is 29.4. The fourth-order valence-corrected chi connectivity index (χ4v) is 7.88. The van der Waals surface area contributed by atoms with E-state index in [4.69, 9.17) is 17.7 Å². The molecule has 12 aromatic rings. The van der Waals surface area contributed by atoms with Gasteiger partial charge in [0.1, 0.15) is 22.3 Å². The van der Waals surface area contributed by atoms with Crippen LogP contribution in [0.2, 0.25) is 0 Å². The molecule has 0 aliphatic rings. The molecule has 4 aromatic carbocycles. The number of nitrogens with zero attached hydrogens (tertiary/aromatic N) is 4. The molecule has 16 heteroatoms. The Morgan fingerprint density at radius 1 is 0.250 bits per heavy atom. The van der Waals surface area contributed by atoms with Crippen molar-refractivity contribution in [1.82, 2.24) is 0 Å². The van der Waals surface area contributed by atoms with Crippen LogP contribution >= 0.6 is 0 Å². The summed E-state index contributed by atoms with van der Waals surface area (Å²) in [6.07, 6.45) is 16.2. The Morgan fingerprint density at radius 3 is 0.645 bits per heavy atom. The first kappa shape index (κ1) is 59.1. The third kappa shape index (κ3) is 17.1. The van der Waals surface area contributed by atoms with Crippen LogP contribution in [0.25, 0.3) is 43.9 Å². The maximum Gasteiger partial charge on any atom is 0.336 e. The quantitative estimate of drug-likeness (QED) is 0.113. The highest BCUT2D eigenvalue weighted by Gasteiger charge is 2.08. The molecule has 0 saturated carbocycles. The molecule has 76 heavy (non-hydrogen) atoms. The summed E-state index contributed by atoms with van der Waals surface area (Å²) in [7, 11) is 0. The lowest BCUT2D eigenvalue weighted by atomic mass is 10.1. The van der Waals surface area contributed by atoms with Crippen LogP contribution in [0.4, 0.5) is 0 Å². The van der Waals surface area contributed by atoms with Gasteiger partial charge in [-0.1, -0.05) is 24.3 Å². The molecule has 0 fully saturated rings. The van der Waals surface area contributed by atoms with Crippen molar-refractivity contribution in [1.29, 1.82) is 0 Å². The van der Waals surface area contributed by atoms with Gasteiger partial charge in [0, 0.05) is 117 Å². The fourth-order valence-electron chi connectivity index (χ4n) is 7.88. The highest BCUT2D eigenvalue weighted by Crippen LogP contribution is 2.17. The molecule has 0 aliphatic carbocycles. The molecule has 0 aliphatic heterocycles. The summed E-state index contributed by atoms with van der Waals surface area (Å²) in [5.74, 6) is 0. The second-order valence-electron chi connectivity index (χ2n) is 16.7. The van der Waals surface area contributed by atoms with E-state index in [1.54, 1.807) is 24.3 Å². The first-order valence-electron chi connectivity index (χ1n) is 23.1. The van der Waals surface area contributed by atoms with Crippen molar-refractivity contribution in [3.8, 4) is 0 Å². The molecule has 0 unspecified atom stereocenters. The molecular formula is C60H48Br4N4O8. The lowest BCUT2D eigenvalue weighted by Crippen LogP contribution is -3.00. The van der Waals surface area contributed by atoms with Gasteiger partial charge in [-0.15, -0.1) is 0 Å². The van der Waals surface area contributed by atoms with E-state index in [1.807, 2.05) is 195 Å². The lowest BCUT2D eigenvalue weighted by Gasteiger charge is -2.00.